The standard InChI is InChI=1S/C15H19NO4/c1-2-12-8-16(9-13(12)14(17)18)15(19)20-10-11-6-4-3-5-7-11/h3-7,12-13H,2,8-10H2,1H3,(H,17,18)/t12?,13-/m0/s1. The molecule has 1 heterocycles. The van der Waals surface area contributed by atoms with Gasteiger partial charge in [0.25, 0.3) is 0 Å². The smallest absolute Gasteiger partial charge is 0.410 e. The van der Waals surface area contributed by atoms with Crippen LogP contribution in [0.5, 0.6) is 0 Å². The summed E-state index contributed by atoms with van der Waals surface area (Å²) in [7, 11) is 0. The van der Waals surface area contributed by atoms with E-state index >= 15 is 0 Å². The number of hydrogen-bond acceptors (Lipinski definition) is 3. The first-order valence-corrected chi connectivity index (χ1v) is 6.80. The molecular weight excluding hydrogens is 258 g/mol. The van der Waals surface area contributed by atoms with E-state index in [-0.39, 0.29) is 19.1 Å². The second kappa shape index (κ2) is 6.41. The van der Waals surface area contributed by atoms with Gasteiger partial charge in [0, 0.05) is 13.1 Å². The molecule has 1 aliphatic heterocycles. The first-order valence-electron chi connectivity index (χ1n) is 6.80. The van der Waals surface area contributed by atoms with Gasteiger partial charge in [0.1, 0.15) is 6.61 Å². The highest BCUT2D eigenvalue weighted by Crippen LogP contribution is 2.26. The van der Waals surface area contributed by atoms with Gasteiger partial charge in [0.2, 0.25) is 0 Å². The van der Waals surface area contributed by atoms with Gasteiger partial charge < -0.3 is 14.7 Å². The number of nitrogens with zero attached hydrogens (tertiary/aromatic N) is 1. The van der Waals surface area contributed by atoms with Gasteiger partial charge in [-0.2, -0.15) is 0 Å². The molecule has 0 aliphatic carbocycles. The SMILES string of the molecule is CCC1CN(C(=O)OCc2ccccc2)C[C@@H]1C(=O)O. The maximum atomic E-state index is 12.0. The van der Waals surface area contributed by atoms with E-state index in [2.05, 4.69) is 0 Å². The average molecular weight is 277 g/mol. The van der Waals surface area contributed by atoms with Crippen LogP contribution in [-0.4, -0.2) is 35.2 Å². The molecule has 1 amide bonds. The van der Waals surface area contributed by atoms with E-state index in [0.29, 0.717) is 6.54 Å². The number of amides is 1. The number of carbonyl (C=O) groups excluding carboxylic acids is 1. The van der Waals surface area contributed by atoms with E-state index in [9.17, 15) is 9.59 Å². The lowest BCUT2D eigenvalue weighted by molar-refractivity contribution is -0.142. The summed E-state index contributed by atoms with van der Waals surface area (Å²) in [5.74, 6) is -1.31. The van der Waals surface area contributed by atoms with Crippen LogP contribution in [-0.2, 0) is 16.1 Å². The van der Waals surface area contributed by atoms with E-state index < -0.39 is 18.0 Å². The fourth-order valence-corrected chi connectivity index (χ4v) is 2.52. The van der Waals surface area contributed by atoms with Crippen molar-refractivity contribution < 1.29 is 19.4 Å². The summed E-state index contributed by atoms with van der Waals surface area (Å²) >= 11 is 0. The van der Waals surface area contributed by atoms with Gasteiger partial charge >= 0.3 is 12.1 Å². The monoisotopic (exact) mass is 277 g/mol. The molecule has 0 radical (unpaired) electrons. The zero-order valence-corrected chi connectivity index (χ0v) is 11.5. The Morgan fingerprint density at radius 2 is 2.00 bits per heavy atom. The molecule has 1 fully saturated rings. The molecule has 0 aromatic heterocycles. The molecule has 1 saturated heterocycles. The van der Waals surface area contributed by atoms with Crippen molar-refractivity contribution in [3.8, 4) is 0 Å². The molecule has 108 valence electrons. The Morgan fingerprint density at radius 3 is 2.55 bits per heavy atom. The van der Waals surface area contributed by atoms with E-state index in [4.69, 9.17) is 9.84 Å². The second-order valence-corrected chi connectivity index (χ2v) is 5.06. The number of carbonyl (C=O) groups is 2. The third-order valence-electron chi connectivity index (χ3n) is 3.75. The van der Waals surface area contributed by atoms with Crippen LogP contribution in [0.4, 0.5) is 4.79 Å². The molecule has 1 unspecified atom stereocenters. The Morgan fingerprint density at radius 1 is 1.30 bits per heavy atom. The van der Waals surface area contributed by atoms with Gasteiger partial charge in [-0.1, -0.05) is 43.7 Å². The second-order valence-electron chi connectivity index (χ2n) is 5.06. The third kappa shape index (κ3) is 3.29. The summed E-state index contributed by atoms with van der Waals surface area (Å²) in [5.41, 5.74) is 0.918. The lowest BCUT2D eigenvalue weighted by Gasteiger charge is -2.15. The maximum absolute atomic E-state index is 12.0. The first kappa shape index (κ1) is 14.4. The van der Waals surface area contributed by atoms with E-state index in [1.54, 1.807) is 0 Å². The molecule has 0 spiro atoms. The minimum Gasteiger partial charge on any atom is -0.481 e. The summed E-state index contributed by atoms with van der Waals surface area (Å²) in [6.07, 6.45) is 0.315. The Labute approximate surface area is 118 Å². The summed E-state index contributed by atoms with van der Waals surface area (Å²) in [6.45, 7) is 2.85. The number of ether oxygens (including phenoxy) is 1. The molecule has 2 rings (SSSR count). The van der Waals surface area contributed by atoms with E-state index in [1.165, 1.54) is 4.90 Å². The highest BCUT2D eigenvalue weighted by atomic mass is 16.6. The van der Waals surface area contributed by atoms with Crippen LogP contribution >= 0.6 is 0 Å². The van der Waals surface area contributed by atoms with Crippen molar-refractivity contribution in [3.05, 3.63) is 35.9 Å². The van der Waals surface area contributed by atoms with Crippen LogP contribution in [0.1, 0.15) is 18.9 Å². The van der Waals surface area contributed by atoms with Gasteiger partial charge in [-0.15, -0.1) is 0 Å². The number of carboxylic acids is 1. The Balaban J connectivity index is 1.89. The lowest BCUT2D eigenvalue weighted by Crippen LogP contribution is -2.30. The zero-order chi connectivity index (χ0) is 14.5. The van der Waals surface area contributed by atoms with Crippen LogP contribution in [0.3, 0.4) is 0 Å². The summed E-state index contributed by atoms with van der Waals surface area (Å²) in [4.78, 5) is 24.6. The van der Waals surface area contributed by atoms with Crippen molar-refractivity contribution in [1.82, 2.24) is 4.90 Å². The predicted octanol–water partition coefficient (Wildman–Crippen LogP) is 2.37. The lowest BCUT2D eigenvalue weighted by atomic mass is 9.94. The Bertz CT molecular complexity index is 474. The fourth-order valence-electron chi connectivity index (χ4n) is 2.52. The van der Waals surface area contributed by atoms with Crippen LogP contribution in [0.15, 0.2) is 30.3 Å². The van der Waals surface area contributed by atoms with Gasteiger partial charge in [0.15, 0.2) is 0 Å². The minimum atomic E-state index is -0.838. The molecule has 2 atom stereocenters. The summed E-state index contributed by atoms with van der Waals surface area (Å²) < 4.78 is 5.23. The number of likely N-dealkylation sites (tertiary alicyclic amines) is 1. The van der Waals surface area contributed by atoms with Crippen LogP contribution in [0, 0.1) is 11.8 Å². The third-order valence-corrected chi connectivity index (χ3v) is 3.75. The molecule has 1 aromatic rings. The minimum absolute atomic E-state index is 0.0109. The predicted molar refractivity (Wildman–Crippen MR) is 73.1 cm³/mol. The Kier molecular flexibility index (Phi) is 4.61. The molecule has 20 heavy (non-hydrogen) atoms. The highest BCUT2D eigenvalue weighted by Gasteiger charge is 2.39. The number of benzene rings is 1. The zero-order valence-electron chi connectivity index (χ0n) is 11.5. The molecule has 1 N–H and O–H groups in total. The van der Waals surface area contributed by atoms with Gasteiger partial charge in [-0.05, 0) is 11.5 Å². The van der Waals surface area contributed by atoms with Crippen molar-refractivity contribution in [2.45, 2.75) is 20.0 Å². The number of carboxylic acid groups (broad SMARTS) is 1. The van der Waals surface area contributed by atoms with Gasteiger partial charge in [-0.25, -0.2) is 4.79 Å². The number of hydrogen-bond donors (Lipinski definition) is 1. The molecule has 5 nitrogen and oxygen atoms in total. The molecular formula is C15H19NO4. The molecule has 0 bridgehead atoms. The van der Waals surface area contributed by atoms with Crippen molar-refractivity contribution in [2.75, 3.05) is 13.1 Å². The largest absolute Gasteiger partial charge is 0.481 e. The van der Waals surface area contributed by atoms with Crippen molar-refractivity contribution in [2.24, 2.45) is 11.8 Å². The molecule has 0 saturated carbocycles. The number of rotatable bonds is 4. The topological polar surface area (TPSA) is 66.8 Å². The van der Waals surface area contributed by atoms with Crippen LogP contribution < -0.4 is 0 Å². The van der Waals surface area contributed by atoms with E-state index in [1.807, 2.05) is 37.3 Å². The molecule has 1 aliphatic rings. The first-order chi connectivity index (χ1) is 9.61. The van der Waals surface area contributed by atoms with Crippen LogP contribution in [0.25, 0.3) is 0 Å². The highest BCUT2D eigenvalue weighted by molar-refractivity contribution is 5.74. The number of aliphatic carboxylic acids is 1. The fraction of sp³-hybridized carbons (Fsp3) is 0.467. The summed E-state index contributed by atoms with van der Waals surface area (Å²) in [5, 5.41) is 9.14. The van der Waals surface area contributed by atoms with Crippen molar-refractivity contribution >= 4 is 12.1 Å². The Hall–Kier alpha value is -2.04. The van der Waals surface area contributed by atoms with Crippen molar-refractivity contribution in [3.63, 3.8) is 0 Å². The van der Waals surface area contributed by atoms with Gasteiger partial charge in [0.05, 0.1) is 5.92 Å². The maximum Gasteiger partial charge on any atom is 0.410 e. The van der Waals surface area contributed by atoms with Gasteiger partial charge in [-0.3, -0.25) is 4.79 Å². The average Bonchev–Trinajstić information content (AvgIpc) is 2.90. The van der Waals surface area contributed by atoms with Crippen LogP contribution in [0.2, 0.25) is 0 Å². The van der Waals surface area contributed by atoms with E-state index in [0.717, 1.165) is 12.0 Å². The normalized spacial score (nSPS) is 21.8. The molecule has 1 aromatic carbocycles. The summed E-state index contributed by atoms with van der Waals surface area (Å²) in [6, 6.07) is 9.42. The van der Waals surface area contributed by atoms with Crippen molar-refractivity contribution in [1.29, 1.82) is 0 Å². The quantitative estimate of drug-likeness (QED) is 0.917. The molecule has 5 heteroatoms.